The Morgan fingerprint density at radius 3 is 2.47 bits per heavy atom. The van der Waals surface area contributed by atoms with Crippen LogP contribution in [0.25, 0.3) is 0 Å². The van der Waals surface area contributed by atoms with Gasteiger partial charge in [0, 0.05) is 0 Å². The summed E-state index contributed by atoms with van der Waals surface area (Å²) in [6, 6.07) is 0. The maximum absolute atomic E-state index is 10.5. The summed E-state index contributed by atoms with van der Waals surface area (Å²) in [7, 11) is 0. The normalized spacial score (nSPS) is 24.1. The maximum Gasteiger partial charge on any atom is 0.305 e. The molecular weight excluding hydrogens is 216 g/mol. The van der Waals surface area contributed by atoms with Crippen LogP contribution in [0.5, 0.6) is 0 Å². The molecule has 0 radical (unpaired) electrons. The number of carbonyl (C=O) groups is 1. The maximum atomic E-state index is 10.5. The van der Waals surface area contributed by atoms with E-state index in [1.54, 1.807) is 0 Å². The zero-order chi connectivity index (χ0) is 12.5. The highest BCUT2D eigenvalue weighted by Crippen LogP contribution is 2.25. The Labute approximate surface area is 105 Å². The van der Waals surface area contributed by atoms with Crippen LogP contribution in [0.3, 0.4) is 0 Å². The highest BCUT2D eigenvalue weighted by Gasteiger charge is 2.26. The third kappa shape index (κ3) is 6.67. The van der Waals surface area contributed by atoms with Gasteiger partial charge < -0.3 is 9.84 Å². The van der Waals surface area contributed by atoms with Crippen LogP contribution in [0, 0.1) is 0 Å². The van der Waals surface area contributed by atoms with Gasteiger partial charge in [0.25, 0.3) is 0 Å². The Balaban J connectivity index is 1.96. The molecule has 100 valence electrons. The summed E-state index contributed by atoms with van der Waals surface area (Å²) in [6.45, 7) is 2.23. The van der Waals surface area contributed by atoms with Gasteiger partial charge in [-0.3, -0.25) is 4.79 Å². The topological polar surface area (TPSA) is 46.5 Å². The second kappa shape index (κ2) is 8.51. The van der Waals surface area contributed by atoms with Gasteiger partial charge in [-0.2, -0.15) is 0 Å². The van der Waals surface area contributed by atoms with Crippen LogP contribution in [0.1, 0.15) is 71.1 Å². The standard InChI is InChI=1S/C14H26O3/c1-2-3-4-5-6-7-8-12-9-10-13(17-12)11-14(15)16/h12-13H,2-11H2,1H3,(H,15,16). The quantitative estimate of drug-likeness (QED) is 0.626. The number of hydrogen-bond donors (Lipinski definition) is 1. The molecule has 0 aromatic heterocycles. The van der Waals surface area contributed by atoms with Crippen LogP contribution in [0.15, 0.2) is 0 Å². The summed E-state index contributed by atoms with van der Waals surface area (Å²) >= 11 is 0. The van der Waals surface area contributed by atoms with E-state index in [9.17, 15) is 4.79 Å². The first-order chi connectivity index (χ1) is 8.22. The van der Waals surface area contributed by atoms with Gasteiger partial charge in [-0.1, -0.05) is 45.4 Å². The first-order valence-electron chi connectivity index (χ1n) is 7.09. The lowest BCUT2D eigenvalue weighted by molar-refractivity contribution is -0.139. The van der Waals surface area contributed by atoms with Gasteiger partial charge >= 0.3 is 5.97 Å². The molecule has 0 amide bonds. The molecule has 1 fully saturated rings. The predicted octanol–water partition coefficient (Wildman–Crippen LogP) is 3.76. The minimum Gasteiger partial charge on any atom is -0.481 e. The van der Waals surface area contributed by atoms with E-state index in [0.717, 1.165) is 19.3 Å². The molecule has 1 aliphatic rings. The van der Waals surface area contributed by atoms with E-state index in [1.165, 1.54) is 38.5 Å². The van der Waals surface area contributed by atoms with E-state index in [2.05, 4.69) is 6.92 Å². The zero-order valence-electron chi connectivity index (χ0n) is 11.0. The minimum absolute atomic E-state index is 0.0300. The lowest BCUT2D eigenvalue weighted by atomic mass is 10.0. The number of carboxylic acid groups (broad SMARTS) is 1. The lowest BCUT2D eigenvalue weighted by Crippen LogP contribution is -2.14. The predicted molar refractivity (Wildman–Crippen MR) is 68.1 cm³/mol. The summed E-state index contributed by atoms with van der Waals surface area (Å²) in [5.74, 6) is -0.741. The van der Waals surface area contributed by atoms with Crippen LogP contribution >= 0.6 is 0 Å². The van der Waals surface area contributed by atoms with Crippen molar-refractivity contribution in [1.82, 2.24) is 0 Å². The Bertz CT molecular complexity index is 216. The van der Waals surface area contributed by atoms with Crippen LogP contribution in [-0.4, -0.2) is 23.3 Å². The molecule has 2 unspecified atom stereocenters. The molecule has 1 saturated heterocycles. The van der Waals surface area contributed by atoms with Crippen LogP contribution in [0.2, 0.25) is 0 Å². The van der Waals surface area contributed by atoms with Gasteiger partial charge in [-0.15, -0.1) is 0 Å². The molecule has 1 rings (SSSR count). The third-order valence-electron chi connectivity index (χ3n) is 3.48. The molecule has 3 heteroatoms. The molecule has 1 N–H and O–H groups in total. The van der Waals surface area contributed by atoms with E-state index in [-0.39, 0.29) is 12.5 Å². The van der Waals surface area contributed by atoms with E-state index in [0.29, 0.717) is 6.10 Å². The van der Waals surface area contributed by atoms with Gasteiger partial charge in [0.2, 0.25) is 0 Å². The van der Waals surface area contributed by atoms with Crippen molar-refractivity contribution in [3.63, 3.8) is 0 Å². The van der Waals surface area contributed by atoms with Gasteiger partial charge in [-0.25, -0.2) is 0 Å². The van der Waals surface area contributed by atoms with Crippen molar-refractivity contribution in [1.29, 1.82) is 0 Å². The summed E-state index contributed by atoms with van der Waals surface area (Å²) < 4.78 is 5.72. The van der Waals surface area contributed by atoms with Crippen molar-refractivity contribution in [3.05, 3.63) is 0 Å². The molecule has 3 nitrogen and oxygen atoms in total. The SMILES string of the molecule is CCCCCCCCC1CCC(CC(=O)O)O1. The average Bonchev–Trinajstić information content (AvgIpc) is 2.70. The number of ether oxygens (including phenoxy) is 1. The van der Waals surface area contributed by atoms with Crippen molar-refractivity contribution in [3.8, 4) is 0 Å². The average molecular weight is 242 g/mol. The van der Waals surface area contributed by atoms with Crippen molar-refractivity contribution in [2.24, 2.45) is 0 Å². The number of unbranched alkanes of at least 4 members (excludes halogenated alkanes) is 5. The van der Waals surface area contributed by atoms with Gasteiger partial charge in [0.15, 0.2) is 0 Å². The fourth-order valence-corrected chi connectivity index (χ4v) is 2.49. The first kappa shape index (κ1) is 14.5. The first-order valence-corrected chi connectivity index (χ1v) is 7.09. The fraction of sp³-hybridized carbons (Fsp3) is 0.929. The Kier molecular flexibility index (Phi) is 7.25. The smallest absolute Gasteiger partial charge is 0.305 e. The molecule has 1 aliphatic heterocycles. The Morgan fingerprint density at radius 2 is 1.76 bits per heavy atom. The number of aliphatic carboxylic acids is 1. The number of rotatable bonds is 9. The van der Waals surface area contributed by atoms with Crippen molar-refractivity contribution in [2.45, 2.75) is 83.3 Å². The van der Waals surface area contributed by atoms with Crippen molar-refractivity contribution in [2.75, 3.05) is 0 Å². The van der Waals surface area contributed by atoms with E-state index in [1.807, 2.05) is 0 Å². The summed E-state index contributed by atoms with van der Waals surface area (Å²) in [6.07, 6.45) is 11.4. The van der Waals surface area contributed by atoms with Crippen LogP contribution < -0.4 is 0 Å². The molecule has 1 heterocycles. The van der Waals surface area contributed by atoms with Crippen LogP contribution in [-0.2, 0) is 9.53 Å². The molecule has 2 atom stereocenters. The van der Waals surface area contributed by atoms with Crippen molar-refractivity contribution >= 4 is 5.97 Å². The fourth-order valence-electron chi connectivity index (χ4n) is 2.49. The highest BCUT2D eigenvalue weighted by molar-refractivity contribution is 5.67. The molecular formula is C14H26O3. The summed E-state index contributed by atoms with van der Waals surface area (Å²) in [5, 5.41) is 8.68. The number of carboxylic acids is 1. The van der Waals surface area contributed by atoms with Gasteiger partial charge in [0.05, 0.1) is 18.6 Å². The van der Waals surface area contributed by atoms with E-state index >= 15 is 0 Å². The molecule has 0 aromatic rings. The summed E-state index contributed by atoms with van der Waals surface area (Å²) in [4.78, 5) is 10.5. The van der Waals surface area contributed by atoms with Crippen molar-refractivity contribution < 1.29 is 14.6 Å². The molecule has 0 bridgehead atoms. The molecule has 0 spiro atoms. The monoisotopic (exact) mass is 242 g/mol. The van der Waals surface area contributed by atoms with Gasteiger partial charge in [-0.05, 0) is 19.3 Å². The van der Waals surface area contributed by atoms with E-state index < -0.39 is 5.97 Å². The molecule has 0 aromatic carbocycles. The summed E-state index contributed by atoms with van der Waals surface area (Å²) in [5.41, 5.74) is 0. The van der Waals surface area contributed by atoms with Gasteiger partial charge in [0.1, 0.15) is 0 Å². The number of hydrogen-bond acceptors (Lipinski definition) is 2. The third-order valence-corrected chi connectivity index (χ3v) is 3.48. The second-order valence-electron chi connectivity index (χ2n) is 5.11. The molecule has 0 aliphatic carbocycles. The Hall–Kier alpha value is -0.570. The minimum atomic E-state index is -0.741. The lowest BCUT2D eigenvalue weighted by Gasteiger charge is -2.12. The molecule has 17 heavy (non-hydrogen) atoms. The molecule has 0 saturated carbocycles. The zero-order valence-corrected chi connectivity index (χ0v) is 11.0. The largest absolute Gasteiger partial charge is 0.481 e. The highest BCUT2D eigenvalue weighted by atomic mass is 16.5. The van der Waals surface area contributed by atoms with E-state index in [4.69, 9.17) is 9.84 Å². The van der Waals surface area contributed by atoms with Crippen LogP contribution in [0.4, 0.5) is 0 Å². The Morgan fingerprint density at radius 1 is 1.12 bits per heavy atom. The second-order valence-corrected chi connectivity index (χ2v) is 5.11.